The lowest BCUT2D eigenvalue weighted by atomic mass is 9.77. The summed E-state index contributed by atoms with van der Waals surface area (Å²) in [5.74, 6) is 1.30. The number of benzene rings is 2. The van der Waals surface area contributed by atoms with Crippen LogP contribution < -0.4 is 9.47 Å². The van der Waals surface area contributed by atoms with E-state index in [1.807, 2.05) is 30.3 Å². The summed E-state index contributed by atoms with van der Waals surface area (Å²) in [7, 11) is 0. The van der Waals surface area contributed by atoms with E-state index >= 15 is 0 Å². The van der Waals surface area contributed by atoms with Crippen molar-refractivity contribution in [3.63, 3.8) is 0 Å². The van der Waals surface area contributed by atoms with Crippen LogP contribution in [0, 0.1) is 11.3 Å². The zero-order chi connectivity index (χ0) is 23.3. The van der Waals surface area contributed by atoms with Gasteiger partial charge in [-0.2, -0.15) is 5.26 Å². The zero-order valence-corrected chi connectivity index (χ0v) is 20.3. The number of Topliss-reactive ketones (excluding diaryl/α,β-unsaturated/α-hetero) is 1. The quantitative estimate of drug-likeness (QED) is 0.257. The monoisotopic (exact) mass is 488 g/mol. The molecule has 2 aromatic carbocycles. The lowest BCUT2D eigenvalue weighted by Crippen LogP contribution is -2.19. The number of ether oxygens (including phenoxy) is 2. The number of nitriles is 1. The summed E-state index contributed by atoms with van der Waals surface area (Å²) in [5.41, 5.74) is 2.35. The Bertz CT molecular complexity index is 1150. The highest BCUT2D eigenvalue weighted by atomic mass is 35.5. The van der Waals surface area contributed by atoms with Crippen molar-refractivity contribution in [2.24, 2.45) is 0 Å². The Morgan fingerprint density at radius 2 is 1.91 bits per heavy atom. The van der Waals surface area contributed by atoms with Gasteiger partial charge in [0.05, 0.1) is 16.5 Å². The second kappa shape index (κ2) is 10.4. The molecule has 166 valence electrons. The van der Waals surface area contributed by atoms with E-state index in [4.69, 9.17) is 32.7 Å². The molecule has 0 N–H and O–H groups in total. The molecule has 0 aliphatic rings. The predicted octanol–water partition coefficient (Wildman–Crippen LogP) is 6.39. The molecule has 0 spiro atoms. The first-order valence-electron chi connectivity index (χ1n) is 9.87. The summed E-state index contributed by atoms with van der Waals surface area (Å²) in [5, 5.41) is 12.4. The van der Waals surface area contributed by atoms with Crippen LogP contribution in [0.25, 0.3) is 0 Å². The Kier molecular flexibility index (Phi) is 7.78. The van der Waals surface area contributed by atoms with Crippen molar-refractivity contribution in [1.82, 2.24) is 4.98 Å². The van der Waals surface area contributed by atoms with Crippen molar-refractivity contribution in [2.75, 3.05) is 12.5 Å². The number of carbonyl (C=O) groups excluding carboxylic acids is 1. The fourth-order valence-corrected chi connectivity index (χ4v) is 4.24. The molecular formula is C24H22Cl2N2O3S. The van der Waals surface area contributed by atoms with Crippen molar-refractivity contribution in [1.29, 1.82) is 5.26 Å². The van der Waals surface area contributed by atoms with Crippen LogP contribution in [0.1, 0.15) is 53.0 Å². The average Bonchev–Trinajstić information content (AvgIpc) is 3.26. The average molecular weight is 489 g/mol. The molecule has 32 heavy (non-hydrogen) atoms. The van der Waals surface area contributed by atoms with Crippen LogP contribution in [0.15, 0.2) is 41.8 Å². The molecule has 3 aromatic rings. The van der Waals surface area contributed by atoms with Crippen molar-refractivity contribution in [2.45, 2.75) is 32.8 Å². The van der Waals surface area contributed by atoms with Crippen molar-refractivity contribution in [3.05, 3.63) is 74.2 Å². The number of ketones is 1. The highest BCUT2D eigenvalue weighted by Gasteiger charge is 2.26. The molecule has 0 aliphatic carbocycles. The van der Waals surface area contributed by atoms with Crippen molar-refractivity contribution in [3.8, 4) is 17.6 Å². The van der Waals surface area contributed by atoms with Crippen LogP contribution >= 0.6 is 34.5 Å². The third-order valence-corrected chi connectivity index (χ3v) is 6.32. The van der Waals surface area contributed by atoms with Gasteiger partial charge in [-0.05, 0) is 35.4 Å². The number of hydrogen-bond donors (Lipinski definition) is 0. The van der Waals surface area contributed by atoms with Gasteiger partial charge in [-0.25, -0.2) is 4.98 Å². The first-order chi connectivity index (χ1) is 15.3. The Hall–Kier alpha value is -2.59. The number of hydrogen-bond acceptors (Lipinski definition) is 6. The van der Waals surface area contributed by atoms with E-state index in [-0.39, 0.29) is 12.4 Å². The molecule has 8 heteroatoms. The number of carbonyl (C=O) groups is 1. The van der Waals surface area contributed by atoms with Gasteiger partial charge in [0.2, 0.25) is 0 Å². The van der Waals surface area contributed by atoms with Crippen LogP contribution in [0.2, 0.25) is 5.02 Å². The molecular weight excluding hydrogens is 467 g/mol. The summed E-state index contributed by atoms with van der Waals surface area (Å²) < 4.78 is 11.4. The second-order valence-corrected chi connectivity index (χ2v) is 9.33. The van der Waals surface area contributed by atoms with Crippen LogP contribution in [0.3, 0.4) is 0 Å². The third-order valence-electron chi connectivity index (χ3n) is 5.06. The fourth-order valence-electron chi connectivity index (χ4n) is 3.14. The molecule has 0 aliphatic heterocycles. The van der Waals surface area contributed by atoms with Crippen LogP contribution in [0.4, 0.5) is 0 Å². The minimum atomic E-state index is -0.412. The molecule has 1 aromatic heterocycles. The standard InChI is InChI=1S/C24H22Cl2N2O3S/c1-15(29)21-14-32-22(28-21)13-31-19-6-4-17(5-7-19)24(2,3)18-10-16(12-27)23(20(26)11-18)30-9-8-25/h4-7,10-11,14H,8-9,13H2,1-3H3. The largest absolute Gasteiger partial charge is 0.489 e. The fraction of sp³-hybridized carbons (Fsp3) is 0.292. The maximum Gasteiger partial charge on any atom is 0.178 e. The Morgan fingerprint density at radius 1 is 1.19 bits per heavy atom. The van der Waals surface area contributed by atoms with Crippen LogP contribution in [-0.4, -0.2) is 23.3 Å². The first kappa shape index (κ1) is 24.1. The lowest BCUT2D eigenvalue weighted by Gasteiger charge is -2.27. The summed E-state index contributed by atoms with van der Waals surface area (Å²) in [6.07, 6.45) is 0. The Morgan fingerprint density at radius 3 is 2.50 bits per heavy atom. The van der Waals surface area contributed by atoms with Gasteiger partial charge in [-0.3, -0.25) is 4.79 Å². The SMILES string of the molecule is CC(=O)c1csc(COc2ccc(C(C)(C)c3cc(Cl)c(OCCCl)c(C#N)c3)cc2)n1. The lowest BCUT2D eigenvalue weighted by molar-refractivity contribution is 0.101. The number of nitrogens with zero attached hydrogens (tertiary/aromatic N) is 2. The molecule has 0 atom stereocenters. The van der Waals surface area contributed by atoms with Gasteiger partial charge in [-0.15, -0.1) is 22.9 Å². The van der Waals surface area contributed by atoms with Crippen molar-refractivity contribution >= 4 is 40.3 Å². The summed E-state index contributed by atoms with van der Waals surface area (Å²) in [6, 6.07) is 13.5. The van der Waals surface area contributed by atoms with E-state index in [1.165, 1.54) is 18.3 Å². The molecule has 3 rings (SSSR count). The maximum absolute atomic E-state index is 11.4. The van der Waals surface area contributed by atoms with Gasteiger partial charge in [-0.1, -0.05) is 37.6 Å². The highest BCUT2D eigenvalue weighted by Crippen LogP contribution is 2.38. The molecule has 0 unspecified atom stereocenters. The molecule has 0 radical (unpaired) electrons. The second-order valence-electron chi connectivity index (χ2n) is 7.60. The number of aromatic nitrogens is 1. The normalized spacial score (nSPS) is 11.1. The molecule has 1 heterocycles. The minimum Gasteiger partial charge on any atom is -0.489 e. The number of rotatable bonds is 9. The van der Waals surface area contributed by atoms with E-state index in [1.54, 1.807) is 11.4 Å². The molecule has 0 saturated heterocycles. The molecule has 0 amide bonds. The van der Waals surface area contributed by atoms with E-state index in [0.717, 1.165) is 16.1 Å². The van der Waals surface area contributed by atoms with Gasteiger partial charge in [0.15, 0.2) is 11.5 Å². The smallest absolute Gasteiger partial charge is 0.178 e. The first-order valence-corrected chi connectivity index (χ1v) is 11.7. The minimum absolute atomic E-state index is 0.0580. The number of halogens is 2. The van der Waals surface area contributed by atoms with Gasteiger partial charge in [0.25, 0.3) is 0 Å². The summed E-state index contributed by atoms with van der Waals surface area (Å²) in [4.78, 5) is 15.6. The topological polar surface area (TPSA) is 72.2 Å². The summed E-state index contributed by atoms with van der Waals surface area (Å²) in [6.45, 7) is 6.19. The Labute approximate surface area is 201 Å². The number of thiazole rings is 1. The highest BCUT2D eigenvalue weighted by molar-refractivity contribution is 7.09. The van der Waals surface area contributed by atoms with Gasteiger partial charge in [0.1, 0.15) is 35.7 Å². The van der Waals surface area contributed by atoms with Gasteiger partial charge in [0, 0.05) is 17.7 Å². The number of alkyl halides is 1. The predicted molar refractivity (Wildman–Crippen MR) is 127 cm³/mol. The maximum atomic E-state index is 11.4. The van der Waals surface area contributed by atoms with E-state index in [9.17, 15) is 10.1 Å². The molecule has 5 nitrogen and oxygen atoms in total. The molecule has 0 bridgehead atoms. The molecule has 0 saturated carbocycles. The van der Waals surface area contributed by atoms with E-state index in [0.29, 0.717) is 40.3 Å². The molecule has 0 fully saturated rings. The third kappa shape index (κ3) is 5.42. The van der Waals surface area contributed by atoms with Crippen molar-refractivity contribution < 1.29 is 14.3 Å². The zero-order valence-electron chi connectivity index (χ0n) is 17.9. The van der Waals surface area contributed by atoms with Crippen LogP contribution in [-0.2, 0) is 12.0 Å². The van der Waals surface area contributed by atoms with E-state index < -0.39 is 5.41 Å². The van der Waals surface area contributed by atoms with Gasteiger partial charge >= 0.3 is 0 Å². The van der Waals surface area contributed by atoms with Gasteiger partial charge < -0.3 is 9.47 Å². The Balaban J connectivity index is 1.77. The van der Waals surface area contributed by atoms with E-state index in [2.05, 4.69) is 24.9 Å². The summed E-state index contributed by atoms with van der Waals surface area (Å²) >= 11 is 13.5. The van der Waals surface area contributed by atoms with Crippen LogP contribution in [0.5, 0.6) is 11.5 Å².